The summed E-state index contributed by atoms with van der Waals surface area (Å²) < 4.78 is 5.83. The summed E-state index contributed by atoms with van der Waals surface area (Å²) in [4.78, 5) is 11.9. The van der Waals surface area contributed by atoms with Crippen LogP contribution in [0.5, 0.6) is 5.75 Å². The topological polar surface area (TPSA) is 52.3 Å². The van der Waals surface area contributed by atoms with Crippen LogP contribution in [-0.4, -0.2) is 17.9 Å². The molecule has 0 unspecified atom stereocenters. The maximum absolute atomic E-state index is 11.9. The van der Waals surface area contributed by atoms with E-state index in [1.807, 2.05) is 19.9 Å². The first-order valence-electron chi connectivity index (χ1n) is 5.67. The molecule has 92 valence electrons. The molecule has 0 saturated heterocycles. The van der Waals surface area contributed by atoms with Crippen molar-refractivity contribution in [2.75, 3.05) is 6.54 Å². The molecule has 0 amide bonds. The first-order chi connectivity index (χ1) is 7.93. The van der Waals surface area contributed by atoms with Gasteiger partial charge in [-0.3, -0.25) is 4.79 Å². The number of hydrogen-bond acceptors (Lipinski definition) is 3. The van der Waals surface area contributed by atoms with Crippen LogP contribution in [0.15, 0.2) is 12.1 Å². The molecule has 0 aliphatic carbocycles. The summed E-state index contributed by atoms with van der Waals surface area (Å²) in [7, 11) is 0. The molecule has 1 aromatic rings. The van der Waals surface area contributed by atoms with E-state index >= 15 is 0 Å². The maximum Gasteiger partial charge on any atom is 0.167 e. The van der Waals surface area contributed by atoms with Crippen molar-refractivity contribution < 1.29 is 9.53 Å². The monoisotopic (exact) mass is 253 g/mol. The first-order valence-corrected chi connectivity index (χ1v) is 6.05. The molecule has 17 heavy (non-hydrogen) atoms. The van der Waals surface area contributed by atoms with E-state index in [4.69, 9.17) is 22.1 Å². The van der Waals surface area contributed by atoms with Gasteiger partial charge in [0.2, 0.25) is 0 Å². The normalized spacial score (nSPS) is 16.5. The lowest BCUT2D eigenvalue weighted by Gasteiger charge is -2.18. The second-order valence-corrected chi connectivity index (χ2v) is 5.38. The van der Waals surface area contributed by atoms with Gasteiger partial charge < -0.3 is 10.5 Å². The van der Waals surface area contributed by atoms with Crippen molar-refractivity contribution in [2.24, 2.45) is 5.73 Å². The molecule has 1 aromatic carbocycles. The van der Waals surface area contributed by atoms with Crippen molar-refractivity contribution in [3.8, 4) is 5.75 Å². The minimum atomic E-state index is -0.273. The van der Waals surface area contributed by atoms with E-state index in [1.54, 1.807) is 6.07 Å². The van der Waals surface area contributed by atoms with Crippen LogP contribution in [0.2, 0.25) is 5.02 Å². The number of carbonyl (C=O) groups excluding carboxylic acids is 1. The van der Waals surface area contributed by atoms with Crippen molar-refractivity contribution in [1.82, 2.24) is 0 Å². The minimum Gasteiger partial charge on any atom is -0.486 e. The fraction of sp³-hybridized carbons (Fsp3) is 0.462. The summed E-state index contributed by atoms with van der Waals surface area (Å²) in [6, 6.07) is 3.53. The van der Waals surface area contributed by atoms with Crippen LogP contribution in [0.1, 0.15) is 36.2 Å². The molecular weight excluding hydrogens is 238 g/mol. The van der Waals surface area contributed by atoms with Gasteiger partial charge in [-0.15, -0.1) is 0 Å². The predicted molar refractivity (Wildman–Crippen MR) is 67.9 cm³/mol. The summed E-state index contributed by atoms with van der Waals surface area (Å²) >= 11 is 6.03. The molecule has 0 radical (unpaired) electrons. The third kappa shape index (κ3) is 2.45. The molecular formula is C13H16ClNO2. The van der Waals surface area contributed by atoms with Gasteiger partial charge in [0.15, 0.2) is 5.78 Å². The molecule has 0 spiro atoms. The van der Waals surface area contributed by atoms with Gasteiger partial charge in [0.1, 0.15) is 11.4 Å². The number of halogens is 1. The Labute approximate surface area is 106 Å². The molecule has 0 bridgehead atoms. The maximum atomic E-state index is 11.9. The van der Waals surface area contributed by atoms with Crippen molar-refractivity contribution >= 4 is 17.4 Å². The summed E-state index contributed by atoms with van der Waals surface area (Å²) in [5, 5.41) is 0.574. The average Bonchev–Trinajstić information content (AvgIpc) is 2.51. The number of Topliss-reactive ketones (excluding diaryl/α,β-unsaturated/α-hetero) is 1. The van der Waals surface area contributed by atoms with E-state index in [9.17, 15) is 4.79 Å². The van der Waals surface area contributed by atoms with Gasteiger partial charge in [0, 0.05) is 23.4 Å². The molecule has 4 heteroatoms. The van der Waals surface area contributed by atoms with Gasteiger partial charge in [0.05, 0.1) is 5.56 Å². The molecule has 1 aliphatic rings. The third-order valence-electron chi connectivity index (χ3n) is 2.80. The van der Waals surface area contributed by atoms with Crippen LogP contribution in [0.4, 0.5) is 0 Å². The molecule has 2 N–H and O–H groups in total. The Balaban J connectivity index is 2.45. The van der Waals surface area contributed by atoms with Gasteiger partial charge in [-0.2, -0.15) is 0 Å². The van der Waals surface area contributed by atoms with Crippen LogP contribution in [0, 0.1) is 0 Å². The number of carbonyl (C=O) groups is 1. The van der Waals surface area contributed by atoms with E-state index in [0.717, 1.165) is 12.0 Å². The average molecular weight is 254 g/mol. The molecule has 2 rings (SSSR count). The Morgan fingerprint density at radius 2 is 2.24 bits per heavy atom. The molecule has 0 saturated carbocycles. The number of rotatable bonds is 3. The highest BCUT2D eigenvalue weighted by molar-refractivity contribution is 6.31. The number of nitrogens with two attached hydrogens (primary N) is 1. The highest BCUT2D eigenvalue weighted by atomic mass is 35.5. The van der Waals surface area contributed by atoms with Crippen molar-refractivity contribution in [2.45, 2.75) is 32.3 Å². The number of benzene rings is 1. The summed E-state index contributed by atoms with van der Waals surface area (Å²) in [5.41, 5.74) is 6.70. The zero-order valence-corrected chi connectivity index (χ0v) is 10.8. The number of fused-ring (bicyclic) bond motifs is 1. The van der Waals surface area contributed by atoms with Crippen molar-refractivity contribution in [3.05, 3.63) is 28.3 Å². The van der Waals surface area contributed by atoms with Crippen molar-refractivity contribution in [3.63, 3.8) is 0 Å². The van der Waals surface area contributed by atoms with Crippen LogP contribution in [0.3, 0.4) is 0 Å². The lowest BCUT2D eigenvalue weighted by Crippen LogP contribution is -2.25. The highest BCUT2D eigenvalue weighted by Crippen LogP contribution is 2.39. The van der Waals surface area contributed by atoms with Gasteiger partial charge in [-0.1, -0.05) is 11.6 Å². The quantitative estimate of drug-likeness (QED) is 0.843. The minimum absolute atomic E-state index is 0.0102. The summed E-state index contributed by atoms with van der Waals surface area (Å²) in [5.74, 6) is 0.668. The van der Waals surface area contributed by atoms with E-state index in [-0.39, 0.29) is 11.4 Å². The molecule has 0 aromatic heterocycles. The lowest BCUT2D eigenvalue weighted by atomic mass is 9.99. The van der Waals surface area contributed by atoms with E-state index in [1.165, 1.54) is 0 Å². The molecule has 3 nitrogen and oxygen atoms in total. The van der Waals surface area contributed by atoms with E-state index in [2.05, 4.69) is 0 Å². The Kier molecular flexibility index (Phi) is 3.15. The summed E-state index contributed by atoms with van der Waals surface area (Å²) in [6.45, 7) is 4.33. The summed E-state index contributed by atoms with van der Waals surface area (Å²) in [6.07, 6.45) is 1.09. The van der Waals surface area contributed by atoms with Crippen LogP contribution in [-0.2, 0) is 6.42 Å². The Morgan fingerprint density at radius 1 is 1.53 bits per heavy atom. The fourth-order valence-corrected chi connectivity index (χ4v) is 2.39. The molecule has 1 aliphatic heterocycles. The number of ether oxygens (including phenoxy) is 1. The van der Waals surface area contributed by atoms with Gasteiger partial charge >= 0.3 is 0 Å². The van der Waals surface area contributed by atoms with Crippen LogP contribution >= 0.6 is 11.6 Å². The smallest absolute Gasteiger partial charge is 0.167 e. The van der Waals surface area contributed by atoms with Crippen LogP contribution in [0.25, 0.3) is 0 Å². The van der Waals surface area contributed by atoms with Crippen molar-refractivity contribution in [1.29, 1.82) is 0 Å². The van der Waals surface area contributed by atoms with E-state index in [0.29, 0.717) is 29.3 Å². The molecule has 1 heterocycles. The fourth-order valence-electron chi connectivity index (χ4n) is 2.15. The number of ketones is 1. The van der Waals surface area contributed by atoms with Gasteiger partial charge in [-0.25, -0.2) is 0 Å². The Bertz CT molecular complexity index is 469. The predicted octanol–water partition coefficient (Wildman–Crippen LogP) is 2.58. The van der Waals surface area contributed by atoms with Crippen LogP contribution < -0.4 is 10.5 Å². The Morgan fingerprint density at radius 3 is 2.88 bits per heavy atom. The van der Waals surface area contributed by atoms with Gasteiger partial charge in [0.25, 0.3) is 0 Å². The largest absolute Gasteiger partial charge is 0.486 e. The molecule has 0 fully saturated rings. The second kappa shape index (κ2) is 4.31. The number of hydrogen-bond donors (Lipinski definition) is 1. The van der Waals surface area contributed by atoms with E-state index < -0.39 is 0 Å². The zero-order chi connectivity index (χ0) is 12.6. The SMILES string of the molecule is CC1(C)Cc2cc(Cl)cc(C(=O)CCN)c2O1. The lowest BCUT2D eigenvalue weighted by molar-refractivity contribution is 0.0971. The highest BCUT2D eigenvalue weighted by Gasteiger charge is 2.33. The second-order valence-electron chi connectivity index (χ2n) is 4.94. The Hall–Kier alpha value is -1.06. The third-order valence-corrected chi connectivity index (χ3v) is 3.02. The zero-order valence-electron chi connectivity index (χ0n) is 10.0. The first kappa shape index (κ1) is 12.4. The standard InChI is InChI=1S/C13H16ClNO2/c1-13(2)7-8-5-9(14)6-10(12(8)17-13)11(16)3-4-15/h5-6H,3-4,7,15H2,1-2H3. The molecule has 0 atom stereocenters. The van der Waals surface area contributed by atoms with Gasteiger partial charge in [-0.05, 0) is 32.5 Å².